The van der Waals surface area contributed by atoms with Crippen LogP contribution >= 0.6 is 7.80 Å². The van der Waals surface area contributed by atoms with Crippen molar-refractivity contribution in [1.29, 1.82) is 0 Å². The molecule has 0 unspecified atom stereocenters. The summed E-state index contributed by atoms with van der Waals surface area (Å²) >= 11 is 0. The van der Waals surface area contributed by atoms with E-state index < -0.39 is 48.3 Å². The lowest BCUT2D eigenvalue weighted by molar-refractivity contribution is -0.0442. The number of benzene rings is 4. The number of sulfone groups is 2. The summed E-state index contributed by atoms with van der Waals surface area (Å²) in [4.78, 5) is -1.86. The van der Waals surface area contributed by atoms with E-state index in [0.29, 0.717) is 10.6 Å². The average molecular weight is 651 g/mol. The molecule has 0 saturated carbocycles. The highest BCUT2D eigenvalue weighted by Gasteiger charge is 2.47. The maximum atomic E-state index is 13.0. The third-order valence-electron chi connectivity index (χ3n) is 5.58. The Morgan fingerprint density at radius 1 is 0.452 bits per heavy atom. The van der Waals surface area contributed by atoms with Crippen molar-refractivity contribution in [3.05, 3.63) is 97.1 Å². The molecule has 0 bridgehead atoms. The number of hydrogen-bond donors (Lipinski definition) is 0. The van der Waals surface area contributed by atoms with Gasteiger partial charge in [-0.2, -0.15) is 26.3 Å². The molecular formula is C26H17F6O7PS2. The molecule has 0 fully saturated rings. The van der Waals surface area contributed by atoms with E-state index in [2.05, 4.69) is 0 Å². The van der Waals surface area contributed by atoms with Gasteiger partial charge in [0.05, 0.1) is 9.79 Å². The van der Waals surface area contributed by atoms with Crippen LogP contribution in [0.15, 0.2) is 107 Å². The second-order valence-electron chi connectivity index (χ2n) is 8.42. The minimum Gasteiger partial charge on any atom is -0.457 e. The Bertz CT molecular complexity index is 1670. The van der Waals surface area contributed by atoms with Crippen LogP contribution in [0.5, 0.6) is 23.0 Å². The number of hydrogen-bond acceptors (Lipinski definition) is 7. The van der Waals surface area contributed by atoms with E-state index in [4.69, 9.17) is 9.47 Å². The van der Waals surface area contributed by atoms with E-state index >= 15 is 0 Å². The molecule has 0 aliphatic heterocycles. The van der Waals surface area contributed by atoms with E-state index in [1.807, 2.05) is 0 Å². The van der Waals surface area contributed by atoms with Crippen LogP contribution in [0.4, 0.5) is 26.3 Å². The summed E-state index contributed by atoms with van der Waals surface area (Å²) in [5.74, 6) is 0.642. The normalized spacial score (nSPS) is 12.7. The zero-order valence-electron chi connectivity index (χ0n) is 20.7. The molecule has 0 heterocycles. The van der Waals surface area contributed by atoms with Gasteiger partial charge in [0.2, 0.25) is 0 Å². The maximum absolute atomic E-state index is 13.0. The van der Waals surface area contributed by atoms with Crippen molar-refractivity contribution in [2.75, 3.05) is 0 Å². The largest absolute Gasteiger partial charge is 0.501 e. The molecule has 0 aromatic heterocycles. The third kappa shape index (κ3) is 6.63. The molecule has 0 radical (unpaired) electrons. The van der Waals surface area contributed by atoms with Crippen LogP contribution in [0.2, 0.25) is 0 Å². The van der Waals surface area contributed by atoms with Gasteiger partial charge in [-0.1, -0.05) is 0 Å². The number of halogens is 6. The first kappa shape index (κ1) is 31.1. The Hall–Kier alpha value is -3.81. The number of rotatable bonds is 8. The molecule has 0 saturated heterocycles. The van der Waals surface area contributed by atoms with E-state index in [0.717, 1.165) is 48.5 Å². The summed E-state index contributed by atoms with van der Waals surface area (Å²) in [6.45, 7) is 0. The minimum atomic E-state index is -5.49. The Morgan fingerprint density at radius 2 is 0.690 bits per heavy atom. The molecule has 0 amide bonds. The third-order valence-corrected chi connectivity index (χ3v) is 10.3. The minimum absolute atomic E-state index is 0.0729. The lowest BCUT2D eigenvalue weighted by atomic mass is 10.3. The Morgan fingerprint density at radius 3 is 0.929 bits per heavy atom. The van der Waals surface area contributed by atoms with Gasteiger partial charge >= 0.3 is 11.0 Å². The second-order valence-corrected chi connectivity index (χ2v) is 14.1. The van der Waals surface area contributed by atoms with Gasteiger partial charge in [0.15, 0.2) is 0 Å². The molecule has 4 rings (SSSR count). The molecule has 0 aliphatic rings. The summed E-state index contributed by atoms with van der Waals surface area (Å²) < 4.78 is 146. The monoisotopic (exact) mass is 650 g/mol. The van der Waals surface area contributed by atoms with Gasteiger partial charge in [0.1, 0.15) is 30.8 Å². The fourth-order valence-electron chi connectivity index (χ4n) is 3.43. The zero-order valence-corrected chi connectivity index (χ0v) is 23.3. The van der Waals surface area contributed by atoms with Crippen LogP contribution in [0, 0.1) is 0 Å². The lowest BCUT2D eigenvalue weighted by Gasteiger charge is -2.11. The zero-order chi connectivity index (χ0) is 30.9. The van der Waals surface area contributed by atoms with Crippen LogP contribution in [0.25, 0.3) is 0 Å². The predicted molar refractivity (Wildman–Crippen MR) is 141 cm³/mol. The van der Waals surface area contributed by atoms with Crippen LogP contribution < -0.4 is 20.1 Å². The second kappa shape index (κ2) is 11.5. The Balaban J connectivity index is 1.39. The molecule has 16 heteroatoms. The van der Waals surface area contributed by atoms with Crippen LogP contribution in [0.3, 0.4) is 0 Å². The molecule has 0 aliphatic carbocycles. The first-order chi connectivity index (χ1) is 19.5. The molecule has 0 atom stereocenters. The summed E-state index contributed by atoms with van der Waals surface area (Å²) in [6, 6.07) is 19.3. The lowest BCUT2D eigenvalue weighted by Crippen LogP contribution is -2.23. The Labute approximate surface area is 236 Å². The molecule has 0 spiro atoms. The fraction of sp³-hybridized carbons (Fsp3) is 0.0769. The molecule has 7 nitrogen and oxygen atoms in total. The fourth-order valence-corrected chi connectivity index (χ4v) is 6.22. The first-order valence-corrected chi connectivity index (χ1v) is 15.8. The topological polar surface area (TPSA) is 104 Å². The van der Waals surface area contributed by atoms with Crippen molar-refractivity contribution in [3.63, 3.8) is 0 Å². The van der Waals surface area contributed by atoms with Crippen molar-refractivity contribution in [2.45, 2.75) is 20.8 Å². The Kier molecular flexibility index (Phi) is 8.50. The predicted octanol–water partition coefficient (Wildman–Crippen LogP) is 6.37. The summed E-state index contributed by atoms with van der Waals surface area (Å²) in [6.07, 6.45) is 0. The van der Waals surface area contributed by atoms with E-state index in [1.165, 1.54) is 48.5 Å². The highest BCUT2D eigenvalue weighted by atomic mass is 32.2. The molecule has 0 N–H and O–H groups in total. The van der Waals surface area contributed by atoms with Gasteiger partial charge < -0.3 is 14.0 Å². The van der Waals surface area contributed by atoms with Gasteiger partial charge in [-0.05, 0) is 97.1 Å². The van der Waals surface area contributed by atoms with Gasteiger partial charge in [-0.3, -0.25) is 0 Å². The molecular weight excluding hydrogens is 633 g/mol. The van der Waals surface area contributed by atoms with Crippen molar-refractivity contribution < 1.29 is 57.2 Å². The van der Waals surface area contributed by atoms with Gasteiger partial charge in [0.25, 0.3) is 19.7 Å². The number of ether oxygens (including phenoxy) is 2. The average Bonchev–Trinajstić information content (AvgIpc) is 2.93. The highest BCUT2D eigenvalue weighted by Crippen LogP contribution is 2.33. The molecule has 42 heavy (non-hydrogen) atoms. The highest BCUT2D eigenvalue weighted by molar-refractivity contribution is 7.92. The summed E-state index contributed by atoms with van der Waals surface area (Å²) in [5, 5.41) is 0.878. The first-order valence-electron chi connectivity index (χ1n) is 11.4. The van der Waals surface area contributed by atoms with E-state index in [9.17, 15) is 47.7 Å². The number of alkyl halides is 6. The summed E-state index contributed by atoms with van der Waals surface area (Å²) in [5.41, 5.74) is -10.9. The molecule has 4 aromatic carbocycles. The summed E-state index contributed by atoms with van der Waals surface area (Å²) in [7, 11) is -13.5. The van der Waals surface area contributed by atoms with Crippen LogP contribution in [-0.2, 0) is 24.2 Å². The van der Waals surface area contributed by atoms with Gasteiger partial charge in [-0.25, -0.2) is 16.8 Å². The van der Waals surface area contributed by atoms with Crippen molar-refractivity contribution in [3.8, 4) is 23.0 Å². The van der Waals surface area contributed by atoms with Crippen molar-refractivity contribution >= 4 is 38.1 Å². The van der Waals surface area contributed by atoms with E-state index in [1.54, 1.807) is 0 Å². The van der Waals surface area contributed by atoms with Crippen LogP contribution in [-0.4, -0.2) is 27.9 Å². The standard InChI is InChI=1S/C26H17F6O7PS2/c27-25(28,29)41(34,35)23-13-5-19(6-14-23)38-17-1-9-21(10-2-17)40(33)22-11-3-18(4-12-22)39-20-7-15-24(16-8-20)42(36,37)26(30,31)32/h1-16,40H. The van der Waals surface area contributed by atoms with Crippen LogP contribution in [0.1, 0.15) is 0 Å². The van der Waals surface area contributed by atoms with Gasteiger partial charge in [-0.15, -0.1) is 0 Å². The smallest absolute Gasteiger partial charge is 0.457 e. The quantitative estimate of drug-likeness (QED) is 0.161. The SMILES string of the molecule is O=[PH](c1ccc(Oc2ccc(S(=O)(=O)C(F)(F)F)cc2)cc1)c1ccc(Oc2ccc(S(=O)(=O)C(F)(F)F)cc2)cc1. The molecule has 222 valence electrons. The van der Waals surface area contributed by atoms with Crippen molar-refractivity contribution in [1.82, 2.24) is 0 Å². The maximum Gasteiger partial charge on any atom is 0.501 e. The van der Waals surface area contributed by atoms with E-state index in [-0.39, 0.29) is 23.0 Å². The van der Waals surface area contributed by atoms with Gasteiger partial charge in [0, 0.05) is 10.6 Å². The molecule has 4 aromatic rings. The van der Waals surface area contributed by atoms with Crippen molar-refractivity contribution in [2.24, 2.45) is 0 Å².